The molecule has 0 saturated carbocycles. The lowest BCUT2D eigenvalue weighted by Gasteiger charge is -2.33. The predicted octanol–water partition coefficient (Wildman–Crippen LogP) is -2.33. The molecule has 1 aromatic carbocycles. The lowest BCUT2D eigenvalue weighted by molar-refractivity contribution is -0.144. The number of nitrogens with one attached hydrogen (secondary N) is 4. The molecule has 1 heterocycles. The Morgan fingerprint density at radius 2 is 1.52 bits per heavy atom. The van der Waals surface area contributed by atoms with Gasteiger partial charge in [0.25, 0.3) is 0 Å². The summed E-state index contributed by atoms with van der Waals surface area (Å²) in [5, 5.41) is 19.4. The van der Waals surface area contributed by atoms with Crippen molar-refractivity contribution >= 4 is 47.4 Å². The molecule has 17 heteroatoms. The molecule has 0 bridgehead atoms. The average Bonchev–Trinajstić information content (AvgIpc) is 3.02. The maximum absolute atomic E-state index is 14.0. The summed E-state index contributed by atoms with van der Waals surface area (Å²) in [6.07, 6.45) is -0.265. The maximum Gasteiger partial charge on any atom is 0.305 e. The minimum absolute atomic E-state index is 0.0105. The summed E-state index contributed by atoms with van der Waals surface area (Å²) in [5.74, 6) is -6.07. The van der Waals surface area contributed by atoms with Crippen molar-refractivity contribution in [2.45, 2.75) is 70.1 Å². The van der Waals surface area contributed by atoms with Crippen molar-refractivity contribution in [2.75, 3.05) is 33.7 Å². The van der Waals surface area contributed by atoms with Crippen LogP contribution in [0.3, 0.4) is 0 Å². The molecule has 48 heavy (non-hydrogen) atoms. The van der Waals surface area contributed by atoms with Gasteiger partial charge in [-0.2, -0.15) is 0 Å². The molecule has 0 unspecified atom stereocenters. The first-order valence-corrected chi connectivity index (χ1v) is 15.6. The van der Waals surface area contributed by atoms with Gasteiger partial charge in [-0.1, -0.05) is 44.2 Å². The fraction of sp³-hybridized carbons (Fsp3) is 0.548. The van der Waals surface area contributed by atoms with E-state index in [9.17, 15) is 38.7 Å². The summed E-state index contributed by atoms with van der Waals surface area (Å²) in [4.78, 5) is 98.1. The van der Waals surface area contributed by atoms with Crippen molar-refractivity contribution in [1.29, 1.82) is 0 Å². The average molecular weight is 674 g/mol. The first-order valence-electron chi connectivity index (χ1n) is 15.6. The second-order valence-electron chi connectivity index (χ2n) is 12.0. The molecule has 1 fully saturated rings. The summed E-state index contributed by atoms with van der Waals surface area (Å²) in [7, 11) is 2.76. The first-order chi connectivity index (χ1) is 22.6. The van der Waals surface area contributed by atoms with Gasteiger partial charge in [-0.25, -0.2) is 0 Å². The summed E-state index contributed by atoms with van der Waals surface area (Å²) in [6, 6.07) is 3.69. The van der Waals surface area contributed by atoms with Crippen molar-refractivity contribution in [3.05, 3.63) is 35.9 Å². The van der Waals surface area contributed by atoms with Gasteiger partial charge in [0, 0.05) is 27.1 Å². The highest BCUT2D eigenvalue weighted by Gasteiger charge is 2.36. The van der Waals surface area contributed by atoms with Crippen molar-refractivity contribution in [3.63, 3.8) is 0 Å². The lowest BCUT2D eigenvalue weighted by Crippen LogP contribution is -2.59. The molecule has 1 saturated heterocycles. The zero-order valence-electron chi connectivity index (χ0n) is 27.7. The Hall–Kier alpha value is -5.22. The van der Waals surface area contributed by atoms with Crippen LogP contribution < -0.4 is 32.7 Å². The minimum atomic E-state index is -1.61. The molecule has 0 aliphatic carbocycles. The molecule has 1 aliphatic heterocycles. The molecule has 0 radical (unpaired) electrons. The number of aliphatic imine (C=N–C) groups is 1. The van der Waals surface area contributed by atoms with E-state index in [1.165, 1.54) is 19.0 Å². The van der Waals surface area contributed by atoms with Crippen molar-refractivity contribution in [3.8, 4) is 0 Å². The number of hydrogen-bond acceptors (Lipinski definition) is 8. The molecule has 4 atom stereocenters. The van der Waals surface area contributed by atoms with Crippen molar-refractivity contribution in [2.24, 2.45) is 22.4 Å². The lowest BCUT2D eigenvalue weighted by atomic mass is 9.99. The predicted molar refractivity (Wildman–Crippen MR) is 175 cm³/mol. The molecular weight excluding hydrogens is 626 g/mol. The largest absolute Gasteiger partial charge is 0.481 e. The van der Waals surface area contributed by atoms with Gasteiger partial charge < -0.3 is 47.6 Å². The normalized spacial score (nSPS) is 22.2. The molecular formula is C31H47N9O8. The van der Waals surface area contributed by atoms with E-state index in [1.807, 2.05) is 13.8 Å². The SMILES string of the molecule is CC(C)C[C@H]1C(=O)NCC(=O)N(C)[C@@H](CCCN=C(N)N)C(=O)NCC(=O)N[C@@H](CC(=O)O)C(=O)N[C@H](Cc2ccccc2)C(=O)N1C. The number of aliphatic carboxylic acids is 1. The molecule has 264 valence electrons. The summed E-state index contributed by atoms with van der Waals surface area (Å²) < 4.78 is 0. The standard InChI is InChI=1S/C31H47N9O8/c1-18(2)13-23-29(47)36-17-25(42)39(3)22(11-8-12-34-31(32)33)28(46)35-16-24(41)37-20(15-26(43)44)27(45)38-21(30(48)40(23)4)14-19-9-6-5-7-10-19/h5-7,9-10,18,20-23H,8,11-17H2,1-4H3,(H,35,46)(H,36,47)(H,37,41)(H,38,45)(H,43,44)(H4,32,33,34)/t20-,21+,22-,23-/m0/s1. The van der Waals surface area contributed by atoms with E-state index in [-0.39, 0.29) is 44.1 Å². The number of carbonyl (C=O) groups excluding carboxylic acids is 6. The van der Waals surface area contributed by atoms with Gasteiger partial charge in [0.15, 0.2) is 5.96 Å². The van der Waals surface area contributed by atoms with E-state index in [0.29, 0.717) is 5.56 Å². The third-order valence-electron chi connectivity index (χ3n) is 7.67. The number of hydrogen-bond donors (Lipinski definition) is 7. The number of rotatable bonds is 10. The monoisotopic (exact) mass is 673 g/mol. The summed E-state index contributed by atoms with van der Waals surface area (Å²) in [6.45, 7) is 2.70. The molecule has 17 nitrogen and oxygen atoms in total. The fourth-order valence-electron chi connectivity index (χ4n) is 5.10. The van der Waals surface area contributed by atoms with Crippen LogP contribution in [0.2, 0.25) is 0 Å². The number of likely N-dealkylation sites (N-methyl/N-ethyl adjacent to an activating group) is 2. The zero-order valence-corrected chi connectivity index (χ0v) is 27.7. The van der Waals surface area contributed by atoms with Crippen LogP contribution in [-0.2, 0) is 40.0 Å². The molecule has 0 spiro atoms. The number of nitrogens with two attached hydrogens (primary N) is 2. The van der Waals surface area contributed by atoms with Gasteiger partial charge in [0.2, 0.25) is 35.4 Å². The number of benzene rings is 1. The third kappa shape index (κ3) is 12.5. The Morgan fingerprint density at radius 1 is 0.896 bits per heavy atom. The Bertz CT molecular complexity index is 1350. The van der Waals surface area contributed by atoms with Gasteiger partial charge in [-0.15, -0.1) is 0 Å². The second-order valence-corrected chi connectivity index (χ2v) is 12.0. The fourth-order valence-corrected chi connectivity index (χ4v) is 5.10. The number of carbonyl (C=O) groups is 7. The summed E-state index contributed by atoms with van der Waals surface area (Å²) in [5.41, 5.74) is 11.4. The van der Waals surface area contributed by atoms with E-state index in [0.717, 1.165) is 4.90 Å². The molecule has 1 aliphatic rings. The van der Waals surface area contributed by atoms with Crippen LogP contribution in [0.1, 0.15) is 45.1 Å². The van der Waals surface area contributed by atoms with E-state index in [1.54, 1.807) is 30.3 Å². The third-order valence-corrected chi connectivity index (χ3v) is 7.67. The second kappa shape index (κ2) is 18.8. The van der Waals surface area contributed by atoms with E-state index >= 15 is 0 Å². The minimum Gasteiger partial charge on any atom is -0.481 e. The van der Waals surface area contributed by atoms with Crippen molar-refractivity contribution < 1.29 is 38.7 Å². The molecule has 1 aromatic rings. The maximum atomic E-state index is 14.0. The number of guanidine groups is 1. The van der Waals surface area contributed by atoms with Crippen LogP contribution in [0.25, 0.3) is 0 Å². The van der Waals surface area contributed by atoms with E-state index < -0.39 is 85.1 Å². The Labute approximate surface area is 279 Å². The number of amides is 6. The van der Waals surface area contributed by atoms with Crippen LogP contribution in [0.5, 0.6) is 0 Å². The van der Waals surface area contributed by atoms with Crippen LogP contribution in [0.15, 0.2) is 35.3 Å². The molecule has 9 N–H and O–H groups in total. The Kier molecular flexibility index (Phi) is 15.3. The highest BCUT2D eigenvalue weighted by atomic mass is 16.4. The number of nitrogens with zero attached hydrogens (tertiary/aromatic N) is 3. The van der Waals surface area contributed by atoms with Gasteiger partial charge in [0.1, 0.15) is 24.2 Å². The molecule has 0 aromatic heterocycles. The van der Waals surface area contributed by atoms with E-state index in [4.69, 9.17) is 11.5 Å². The zero-order chi connectivity index (χ0) is 36.0. The summed E-state index contributed by atoms with van der Waals surface area (Å²) >= 11 is 0. The Morgan fingerprint density at radius 3 is 2.12 bits per heavy atom. The van der Waals surface area contributed by atoms with Crippen LogP contribution >= 0.6 is 0 Å². The highest BCUT2D eigenvalue weighted by molar-refractivity contribution is 5.97. The van der Waals surface area contributed by atoms with E-state index in [2.05, 4.69) is 26.3 Å². The highest BCUT2D eigenvalue weighted by Crippen LogP contribution is 2.15. The quantitative estimate of drug-likeness (QED) is 0.0792. The van der Waals surface area contributed by atoms with Gasteiger partial charge in [0.05, 0.1) is 19.5 Å². The van der Waals surface area contributed by atoms with Crippen LogP contribution in [0, 0.1) is 5.92 Å². The molecule has 2 rings (SSSR count). The van der Waals surface area contributed by atoms with Gasteiger partial charge in [-0.05, 0) is 30.7 Å². The molecule has 6 amide bonds. The van der Waals surface area contributed by atoms with Gasteiger partial charge >= 0.3 is 5.97 Å². The topological polar surface area (TPSA) is 259 Å². The van der Waals surface area contributed by atoms with Crippen LogP contribution in [-0.4, -0.2) is 120 Å². The van der Waals surface area contributed by atoms with Crippen LogP contribution in [0.4, 0.5) is 0 Å². The smallest absolute Gasteiger partial charge is 0.305 e. The van der Waals surface area contributed by atoms with Crippen molar-refractivity contribution in [1.82, 2.24) is 31.1 Å². The first kappa shape index (κ1) is 39.0. The number of carboxylic acid groups (broad SMARTS) is 1. The number of carboxylic acids is 1. The Balaban J connectivity index is 2.52. The van der Waals surface area contributed by atoms with Gasteiger partial charge in [-0.3, -0.25) is 38.6 Å².